The molecule has 0 heterocycles. The van der Waals surface area contributed by atoms with Crippen molar-refractivity contribution >= 4 is 33.2 Å². The standard InChI is InChI=1S/C4H9ClS2/c1-4(3-5)7-6-2/h4H,3H2,1-2H3/t4-/m0/s1. The van der Waals surface area contributed by atoms with E-state index in [0.717, 1.165) is 5.88 Å². The lowest BCUT2D eigenvalue weighted by atomic mass is 10.6. The zero-order valence-electron chi connectivity index (χ0n) is 4.48. The van der Waals surface area contributed by atoms with Crippen LogP contribution in [0.2, 0.25) is 0 Å². The molecule has 0 aliphatic rings. The first-order chi connectivity index (χ1) is 3.31. The SMILES string of the molecule is CSS[C@@H](C)CCl. The molecular formula is C4H9ClS2. The molecule has 0 amide bonds. The fourth-order valence-electron chi connectivity index (χ4n) is 0.190. The van der Waals surface area contributed by atoms with E-state index in [-0.39, 0.29) is 0 Å². The Labute approximate surface area is 57.8 Å². The quantitative estimate of drug-likeness (QED) is 0.455. The van der Waals surface area contributed by atoms with Crippen LogP contribution in [0.3, 0.4) is 0 Å². The molecule has 1 atom stereocenters. The fraction of sp³-hybridized carbons (Fsp3) is 1.00. The van der Waals surface area contributed by atoms with Crippen molar-refractivity contribution in [2.45, 2.75) is 12.2 Å². The van der Waals surface area contributed by atoms with Crippen LogP contribution < -0.4 is 0 Å². The molecule has 0 radical (unpaired) electrons. The summed E-state index contributed by atoms with van der Waals surface area (Å²) in [7, 11) is 3.58. The molecule has 0 bridgehead atoms. The molecule has 0 saturated heterocycles. The minimum absolute atomic E-state index is 0.594. The summed E-state index contributed by atoms with van der Waals surface area (Å²) in [5.74, 6) is 0.755. The van der Waals surface area contributed by atoms with E-state index in [1.165, 1.54) is 0 Å². The van der Waals surface area contributed by atoms with Gasteiger partial charge in [0.1, 0.15) is 0 Å². The highest BCUT2D eigenvalue weighted by atomic mass is 35.5. The van der Waals surface area contributed by atoms with Gasteiger partial charge in [-0.1, -0.05) is 28.5 Å². The summed E-state index contributed by atoms with van der Waals surface area (Å²) in [4.78, 5) is 0. The van der Waals surface area contributed by atoms with Crippen molar-refractivity contribution in [3.63, 3.8) is 0 Å². The minimum Gasteiger partial charge on any atom is -0.125 e. The molecule has 0 saturated carbocycles. The van der Waals surface area contributed by atoms with Crippen molar-refractivity contribution in [1.29, 1.82) is 0 Å². The van der Waals surface area contributed by atoms with Gasteiger partial charge < -0.3 is 0 Å². The normalized spacial score (nSPS) is 14.1. The van der Waals surface area contributed by atoms with Gasteiger partial charge in [0.2, 0.25) is 0 Å². The van der Waals surface area contributed by atoms with E-state index >= 15 is 0 Å². The average Bonchev–Trinajstić information content (AvgIpc) is 1.68. The van der Waals surface area contributed by atoms with Gasteiger partial charge in [-0.2, -0.15) is 0 Å². The van der Waals surface area contributed by atoms with Gasteiger partial charge >= 0.3 is 0 Å². The zero-order valence-corrected chi connectivity index (χ0v) is 6.87. The van der Waals surface area contributed by atoms with Crippen molar-refractivity contribution in [1.82, 2.24) is 0 Å². The molecule has 0 N–H and O–H groups in total. The van der Waals surface area contributed by atoms with Crippen LogP contribution in [0.4, 0.5) is 0 Å². The minimum atomic E-state index is 0.594. The molecule has 0 unspecified atom stereocenters. The molecule has 3 heteroatoms. The Bertz CT molecular complexity index is 40.7. The van der Waals surface area contributed by atoms with E-state index in [4.69, 9.17) is 11.6 Å². The van der Waals surface area contributed by atoms with Crippen molar-refractivity contribution < 1.29 is 0 Å². The predicted molar refractivity (Wildman–Crippen MR) is 41.3 cm³/mol. The summed E-state index contributed by atoms with van der Waals surface area (Å²) >= 11 is 5.50. The summed E-state index contributed by atoms with van der Waals surface area (Å²) in [5.41, 5.74) is 0. The molecule has 0 nitrogen and oxygen atoms in total. The third-order valence-corrected chi connectivity index (χ3v) is 3.37. The van der Waals surface area contributed by atoms with E-state index in [9.17, 15) is 0 Å². The van der Waals surface area contributed by atoms with Gasteiger partial charge in [-0.15, -0.1) is 11.6 Å². The highest BCUT2D eigenvalue weighted by Crippen LogP contribution is 2.23. The van der Waals surface area contributed by atoms with Crippen molar-refractivity contribution in [2.75, 3.05) is 12.1 Å². The Kier molecular flexibility index (Phi) is 5.86. The largest absolute Gasteiger partial charge is 0.125 e. The Morgan fingerprint density at radius 1 is 1.71 bits per heavy atom. The first-order valence-corrected chi connectivity index (χ1v) is 5.22. The third-order valence-electron chi connectivity index (χ3n) is 0.478. The Balaban J connectivity index is 2.83. The summed E-state index contributed by atoms with van der Waals surface area (Å²) in [6.45, 7) is 2.12. The summed E-state index contributed by atoms with van der Waals surface area (Å²) in [5, 5.41) is 0.594. The van der Waals surface area contributed by atoms with Gasteiger partial charge in [-0.3, -0.25) is 0 Å². The van der Waals surface area contributed by atoms with Gasteiger partial charge in [-0.05, 0) is 6.26 Å². The third kappa shape index (κ3) is 4.85. The van der Waals surface area contributed by atoms with E-state index in [2.05, 4.69) is 13.2 Å². The molecular weight excluding hydrogens is 148 g/mol. The molecule has 0 aromatic heterocycles. The lowest BCUT2D eigenvalue weighted by molar-refractivity contribution is 1.13. The fourth-order valence-corrected chi connectivity index (χ4v) is 2.17. The second-order valence-corrected chi connectivity index (χ2v) is 4.44. The molecule has 0 aromatic rings. The van der Waals surface area contributed by atoms with Crippen molar-refractivity contribution in [3.05, 3.63) is 0 Å². The van der Waals surface area contributed by atoms with Crippen LogP contribution in [-0.4, -0.2) is 17.4 Å². The average molecular weight is 157 g/mol. The molecule has 44 valence electrons. The maximum Gasteiger partial charge on any atom is 0.0348 e. The van der Waals surface area contributed by atoms with Crippen LogP contribution in [0.25, 0.3) is 0 Å². The number of hydrogen-bond acceptors (Lipinski definition) is 2. The topological polar surface area (TPSA) is 0 Å². The smallest absolute Gasteiger partial charge is 0.0348 e. The molecule has 0 rings (SSSR count). The first-order valence-electron chi connectivity index (χ1n) is 2.06. The van der Waals surface area contributed by atoms with E-state index < -0.39 is 0 Å². The van der Waals surface area contributed by atoms with Crippen LogP contribution in [0.1, 0.15) is 6.92 Å². The molecule has 0 aliphatic carbocycles. The van der Waals surface area contributed by atoms with E-state index in [1.807, 2.05) is 10.8 Å². The van der Waals surface area contributed by atoms with Crippen LogP contribution in [0.15, 0.2) is 0 Å². The van der Waals surface area contributed by atoms with Crippen molar-refractivity contribution in [2.24, 2.45) is 0 Å². The molecule has 0 aliphatic heterocycles. The van der Waals surface area contributed by atoms with Gasteiger partial charge in [0, 0.05) is 11.1 Å². The summed E-state index contributed by atoms with van der Waals surface area (Å²) < 4.78 is 0. The lowest BCUT2D eigenvalue weighted by Crippen LogP contribution is -1.92. The first kappa shape index (κ1) is 7.99. The second-order valence-electron chi connectivity index (χ2n) is 1.23. The van der Waals surface area contributed by atoms with Crippen LogP contribution in [0, 0.1) is 0 Å². The predicted octanol–water partition coefficient (Wildman–Crippen LogP) is 2.62. The molecule has 0 fully saturated rings. The Morgan fingerprint density at radius 3 is 2.43 bits per heavy atom. The monoisotopic (exact) mass is 156 g/mol. The number of halogens is 1. The molecule has 0 spiro atoms. The van der Waals surface area contributed by atoms with Gasteiger partial charge in [0.25, 0.3) is 0 Å². The highest BCUT2D eigenvalue weighted by molar-refractivity contribution is 8.76. The molecule has 7 heavy (non-hydrogen) atoms. The van der Waals surface area contributed by atoms with E-state index in [0.29, 0.717) is 5.25 Å². The lowest BCUT2D eigenvalue weighted by Gasteiger charge is -2.00. The van der Waals surface area contributed by atoms with Gasteiger partial charge in [0.05, 0.1) is 0 Å². The Morgan fingerprint density at radius 2 is 2.29 bits per heavy atom. The number of alkyl halides is 1. The van der Waals surface area contributed by atoms with Gasteiger partial charge in [-0.25, -0.2) is 0 Å². The Hall–Kier alpha value is 0.990. The van der Waals surface area contributed by atoms with Crippen molar-refractivity contribution in [3.8, 4) is 0 Å². The van der Waals surface area contributed by atoms with Crippen LogP contribution >= 0.6 is 33.2 Å². The van der Waals surface area contributed by atoms with Crippen LogP contribution in [-0.2, 0) is 0 Å². The summed E-state index contributed by atoms with van der Waals surface area (Å²) in [6.07, 6.45) is 2.06. The van der Waals surface area contributed by atoms with Gasteiger partial charge in [0.15, 0.2) is 0 Å². The van der Waals surface area contributed by atoms with Crippen LogP contribution in [0.5, 0.6) is 0 Å². The highest BCUT2D eigenvalue weighted by Gasteiger charge is 1.95. The number of rotatable bonds is 3. The van der Waals surface area contributed by atoms with E-state index in [1.54, 1.807) is 10.8 Å². The maximum atomic E-state index is 5.50. The number of hydrogen-bond donors (Lipinski definition) is 0. The zero-order chi connectivity index (χ0) is 5.70. The maximum absolute atomic E-state index is 5.50. The second kappa shape index (κ2) is 5.13. The summed E-state index contributed by atoms with van der Waals surface area (Å²) in [6, 6.07) is 0. The molecule has 0 aromatic carbocycles.